The van der Waals surface area contributed by atoms with Crippen LogP contribution < -0.4 is 21.7 Å². The van der Waals surface area contributed by atoms with Crippen molar-refractivity contribution in [2.75, 3.05) is 11.9 Å². The van der Waals surface area contributed by atoms with E-state index < -0.39 is 0 Å². The van der Waals surface area contributed by atoms with Crippen molar-refractivity contribution < 1.29 is 9.59 Å². The molecule has 140 valence electrons. The zero-order valence-corrected chi connectivity index (χ0v) is 16.2. The number of hydrogen-bond donors (Lipinski definition) is 4. The van der Waals surface area contributed by atoms with E-state index in [1.54, 1.807) is 11.3 Å². The Morgan fingerprint density at radius 3 is 2.62 bits per heavy atom. The number of hydrogen-bond acceptors (Lipinski definition) is 4. The van der Waals surface area contributed by atoms with Gasteiger partial charge >= 0.3 is 0 Å². The highest BCUT2D eigenvalue weighted by molar-refractivity contribution is 7.80. The minimum absolute atomic E-state index is 0.0395. The SMILES string of the molecule is NC(=S)NC1CCc2sc(NC(=O)C3CC3)c(C(=O)NCC3CC3)c2C1. The van der Waals surface area contributed by atoms with Crippen LogP contribution in [0.2, 0.25) is 0 Å². The van der Waals surface area contributed by atoms with Gasteiger partial charge in [0.25, 0.3) is 5.91 Å². The molecule has 4 rings (SSSR count). The van der Waals surface area contributed by atoms with Crippen molar-refractivity contribution in [3.8, 4) is 0 Å². The molecule has 2 saturated carbocycles. The maximum Gasteiger partial charge on any atom is 0.254 e. The first-order valence-electron chi connectivity index (χ1n) is 9.31. The second kappa shape index (κ2) is 7.15. The number of nitrogens with two attached hydrogens (primary N) is 1. The van der Waals surface area contributed by atoms with Gasteiger partial charge < -0.3 is 21.7 Å². The third kappa shape index (κ3) is 4.01. The Labute approximate surface area is 162 Å². The predicted molar refractivity (Wildman–Crippen MR) is 106 cm³/mol. The van der Waals surface area contributed by atoms with Crippen molar-refractivity contribution in [3.63, 3.8) is 0 Å². The summed E-state index contributed by atoms with van der Waals surface area (Å²) in [6, 6.07) is 0.136. The number of carbonyl (C=O) groups is 2. The van der Waals surface area contributed by atoms with Crippen molar-refractivity contribution in [2.45, 2.75) is 51.0 Å². The fraction of sp³-hybridized carbons (Fsp3) is 0.611. The predicted octanol–water partition coefficient (Wildman–Crippen LogP) is 1.93. The molecule has 5 N–H and O–H groups in total. The summed E-state index contributed by atoms with van der Waals surface area (Å²) in [7, 11) is 0. The van der Waals surface area contributed by atoms with Gasteiger partial charge in [0.05, 0.1) is 5.56 Å². The lowest BCUT2D eigenvalue weighted by molar-refractivity contribution is -0.117. The van der Waals surface area contributed by atoms with Crippen molar-refractivity contribution in [2.24, 2.45) is 17.6 Å². The monoisotopic (exact) mass is 392 g/mol. The number of thiophene rings is 1. The summed E-state index contributed by atoms with van der Waals surface area (Å²) in [6.07, 6.45) is 6.75. The quantitative estimate of drug-likeness (QED) is 0.555. The van der Waals surface area contributed by atoms with E-state index in [0.717, 1.165) is 31.2 Å². The van der Waals surface area contributed by atoms with Gasteiger partial charge in [-0.2, -0.15) is 0 Å². The number of aryl methyl sites for hydroxylation is 1. The molecule has 3 aliphatic carbocycles. The Bertz CT molecular complexity index is 753. The molecule has 2 fully saturated rings. The van der Waals surface area contributed by atoms with Gasteiger partial charge in [-0.15, -0.1) is 11.3 Å². The van der Waals surface area contributed by atoms with Crippen LogP contribution in [-0.4, -0.2) is 29.5 Å². The van der Waals surface area contributed by atoms with Crippen molar-refractivity contribution >= 4 is 45.5 Å². The van der Waals surface area contributed by atoms with Crippen molar-refractivity contribution in [1.29, 1.82) is 0 Å². The van der Waals surface area contributed by atoms with Crippen LogP contribution in [0.3, 0.4) is 0 Å². The molecule has 26 heavy (non-hydrogen) atoms. The lowest BCUT2D eigenvalue weighted by atomic mass is 9.91. The summed E-state index contributed by atoms with van der Waals surface area (Å²) in [5.74, 6) is 0.691. The molecular formula is C18H24N4O2S2. The third-order valence-electron chi connectivity index (χ3n) is 5.27. The topological polar surface area (TPSA) is 96.2 Å². The van der Waals surface area contributed by atoms with Gasteiger partial charge in [-0.3, -0.25) is 9.59 Å². The zero-order chi connectivity index (χ0) is 18.3. The Morgan fingerprint density at radius 1 is 1.19 bits per heavy atom. The highest BCUT2D eigenvalue weighted by Gasteiger charge is 2.34. The van der Waals surface area contributed by atoms with Gasteiger partial charge in [0.1, 0.15) is 5.00 Å². The lowest BCUT2D eigenvalue weighted by Crippen LogP contribution is -2.41. The normalized spacial score (nSPS) is 21.6. The van der Waals surface area contributed by atoms with Crippen LogP contribution >= 0.6 is 23.6 Å². The smallest absolute Gasteiger partial charge is 0.254 e. The highest BCUT2D eigenvalue weighted by atomic mass is 32.1. The molecule has 1 unspecified atom stereocenters. The standard InChI is InChI=1S/C18H24N4O2S2/c19-18(25)21-11-5-6-13-12(7-11)14(16(24)20-8-9-1-2-9)17(26-13)22-15(23)10-3-4-10/h9-11H,1-8H2,(H,20,24)(H,22,23)(H3,19,21,25). The molecule has 3 aliphatic rings. The van der Waals surface area contributed by atoms with Gasteiger partial charge in [0, 0.05) is 23.4 Å². The van der Waals surface area contributed by atoms with Crippen LogP contribution in [0, 0.1) is 11.8 Å². The van der Waals surface area contributed by atoms with Gasteiger partial charge in [-0.05, 0) is 68.6 Å². The minimum Gasteiger partial charge on any atom is -0.376 e. The van der Waals surface area contributed by atoms with E-state index in [1.807, 2.05) is 0 Å². The van der Waals surface area contributed by atoms with E-state index in [2.05, 4.69) is 16.0 Å². The second-order valence-corrected chi connectivity index (χ2v) is 9.12. The second-order valence-electron chi connectivity index (χ2n) is 7.57. The van der Waals surface area contributed by atoms with E-state index in [1.165, 1.54) is 17.7 Å². The average molecular weight is 393 g/mol. The van der Waals surface area contributed by atoms with Gasteiger partial charge in [-0.25, -0.2) is 0 Å². The number of carbonyl (C=O) groups excluding carboxylic acids is 2. The minimum atomic E-state index is -0.0727. The molecule has 1 aromatic heterocycles. The van der Waals surface area contributed by atoms with Crippen LogP contribution in [0.5, 0.6) is 0 Å². The molecule has 2 amide bonds. The fourth-order valence-electron chi connectivity index (χ4n) is 3.44. The average Bonchev–Trinajstić information content (AvgIpc) is 3.49. The molecule has 1 atom stereocenters. The largest absolute Gasteiger partial charge is 0.376 e. The first kappa shape index (κ1) is 17.7. The summed E-state index contributed by atoms with van der Waals surface area (Å²) in [4.78, 5) is 26.4. The summed E-state index contributed by atoms with van der Waals surface area (Å²) in [6.45, 7) is 0.716. The van der Waals surface area contributed by atoms with Crippen LogP contribution in [0.4, 0.5) is 5.00 Å². The summed E-state index contributed by atoms with van der Waals surface area (Å²) < 4.78 is 0. The molecule has 0 aliphatic heterocycles. The Hall–Kier alpha value is -1.67. The van der Waals surface area contributed by atoms with Crippen molar-refractivity contribution in [3.05, 3.63) is 16.0 Å². The van der Waals surface area contributed by atoms with Crippen LogP contribution in [0.15, 0.2) is 0 Å². The molecule has 0 spiro atoms. The Balaban J connectivity index is 1.58. The number of rotatable bonds is 6. The number of anilines is 1. The number of nitrogens with one attached hydrogen (secondary N) is 3. The number of amides is 2. The van der Waals surface area contributed by atoms with Gasteiger partial charge in [-0.1, -0.05) is 0 Å². The van der Waals surface area contributed by atoms with E-state index in [-0.39, 0.29) is 28.9 Å². The van der Waals surface area contributed by atoms with E-state index in [0.29, 0.717) is 29.4 Å². The van der Waals surface area contributed by atoms with E-state index in [4.69, 9.17) is 18.0 Å². The molecule has 0 saturated heterocycles. The zero-order valence-electron chi connectivity index (χ0n) is 14.6. The highest BCUT2D eigenvalue weighted by Crippen LogP contribution is 2.40. The molecule has 0 aromatic carbocycles. The van der Waals surface area contributed by atoms with Gasteiger partial charge in [0.15, 0.2) is 5.11 Å². The van der Waals surface area contributed by atoms with E-state index >= 15 is 0 Å². The number of fused-ring (bicyclic) bond motifs is 1. The summed E-state index contributed by atoms with van der Waals surface area (Å²) >= 11 is 6.52. The molecule has 8 heteroatoms. The summed E-state index contributed by atoms with van der Waals surface area (Å²) in [5.41, 5.74) is 7.31. The summed E-state index contributed by atoms with van der Waals surface area (Å²) in [5, 5.41) is 10.2. The van der Waals surface area contributed by atoms with E-state index in [9.17, 15) is 9.59 Å². The maximum atomic E-state index is 12.9. The van der Waals surface area contributed by atoms with Crippen LogP contribution in [0.1, 0.15) is 52.9 Å². The van der Waals surface area contributed by atoms with Gasteiger partial charge in [0.2, 0.25) is 5.91 Å². The first-order valence-corrected chi connectivity index (χ1v) is 10.5. The number of thiocarbonyl (C=S) groups is 1. The molecule has 6 nitrogen and oxygen atoms in total. The van der Waals surface area contributed by atoms with Crippen LogP contribution in [0.25, 0.3) is 0 Å². The molecule has 1 heterocycles. The molecular weight excluding hydrogens is 368 g/mol. The Morgan fingerprint density at radius 2 is 1.96 bits per heavy atom. The maximum absolute atomic E-state index is 12.9. The van der Waals surface area contributed by atoms with Crippen LogP contribution in [-0.2, 0) is 17.6 Å². The molecule has 1 aromatic rings. The molecule has 0 bridgehead atoms. The lowest BCUT2D eigenvalue weighted by Gasteiger charge is -2.24. The first-order chi connectivity index (χ1) is 12.5. The van der Waals surface area contributed by atoms with Crippen molar-refractivity contribution in [1.82, 2.24) is 10.6 Å². The molecule has 0 radical (unpaired) electrons. The fourth-order valence-corrected chi connectivity index (χ4v) is 4.85. The Kier molecular flexibility index (Phi) is 4.88. The third-order valence-corrected chi connectivity index (χ3v) is 6.59.